The molecule has 0 unspecified atom stereocenters. The van der Waals surface area contributed by atoms with Gasteiger partial charge in [0, 0.05) is 55.1 Å². The zero-order valence-electron chi connectivity index (χ0n) is 21.0. The van der Waals surface area contributed by atoms with Crippen LogP contribution in [0.3, 0.4) is 0 Å². The van der Waals surface area contributed by atoms with Crippen LogP contribution in [0.4, 0.5) is 26.2 Å². The molecule has 4 aromatic rings. The van der Waals surface area contributed by atoms with Crippen molar-refractivity contribution in [3.63, 3.8) is 0 Å². The zero-order valence-corrected chi connectivity index (χ0v) is 21.8. The number of aromatic nitrogens is 1. The Hall–Kier alpha value is -3.83. The summed E-state index contributed by atoms with van der Waals surface area (Å²) in [6.07, 6.45) is 1.41. The molecule has 6 rings (SSSR count). The number of carbonyl (C=O) groups excluding carboxylic acids is 1. The van der Waals surface area contributed by atoms with E-state index in [4.69, 9.17) is 4.42 Å². The summed E-state index contributed by atoms with van der Waals surface area (Å²) < 4.78 is 59.5. The van der Waals surface area contributed by atoms with Crippen molar-refractivity contribution in [3.05, 3.63) is 71.8 Å². The number of nitrogens with zero attached hydrogens (tertiary/aromatic N) is 3. The predicted molar refractivity (Wildman–Crippen MR) is 145 cm³/mol. The Morgan fingerprint density at radius 3 is 2.36 bits per heavy atom. The average Bonchev–Trinajstić information content (AvgIpc) is 3.53. The first-order valence-electron chi connectivity index (χ1n) is 12.7. The SMILES string of the molecule is O=C1CCCN1c1ccc(Nc2nc3cccc(-c4cc(F)c(CN5CCS(=O)(=O)CC5)c(F)c4)c3o2)cc1. The average molecular weight is 553 g/mol. The lowest BCUT2D eigenvalue weighted by Crippen LogP contribution is -2.40. The molecule has 202 valence electrons. The smallest absolute Gasteiger partial charge is 0.300 e. The van der Waals surface area contributed by atoms with E-state index in [2.05, 4.69) is 10.3 Å². The highest BCUT2D eigenvalue weighted by Gasteiger charge is 2.25. The molecule has 0 spiro atoms. The van der Waals surface area contributed by atoms with Crippen LogP contribution in [0.1, 0.15) is 18.4 Å². The topological polar surface area (TPSA) is 95.8 Å². The molecule has 1 amide bonds. The number of anilines is 3. The molecule has 8 nitrogen and oxygen atoms in total. The normalized spacial score (nSPS) is 17.7. The minimum absolute atomic E-state index is 0.00124. The van der Waals surface area contributed by atoms with Gasteiger partial charge < -0.3 is 14.6 Å². The van der Waals surface area contributed by atoms with E-state index < -0.39 is 21.5 Å². The zero-order chi connectivity index (χ0) is 27.1. The molecular weight excluding hydrogens is 526 g/mol. The summed E-state index contributed by atoms with van der Waals surface area (Å²) in [6, 6.07) is 15.3. The van der Waals surface area contributed by atoms with Crippen molar-refractivity contribution in [1.82, 2.24) is 9.88 Å². The van der Waals surface area contributed by atoms with Crippen LogP contribution in [0.15, 0.2) is 59.0 Å². The number of hydrogen-bond acceptors (Lipinski definition) is 7. The van der Waals surface area contributed by atoms with Gasteiger partial charge in [-0.1, -0.05) is 12.1 Å². The maximum atomic E-state index is 15.1. The van der Waals surface area contributed by atoms with Crippen molar-refractivity contribution in [2.24, 2.45) is 0 Å². The van der Waals surface area contributed by atoms with Gasteiger partial charge in [0.05, 0.1) is 11.5 Å². The summed E-state index contributed by atoms with van der Waals surface area (Å²) in [7, 11) is -3.08. The molecule has 3 aromatic carbocycles. The van der Waals surface area contributed by atoms with Crippen molar-refractivity contribution in [2.45, 2.75) is 19.4 Å². The third-order valence-electron chi connectivity index (χ3n) is 7.19. The van der Waals surface area contributed by atoms with E-state index in [0.29, 0.717) is 40.9 Å². The molecule has 11 heteroatoms. The molecule has 1 aromatic heterocycles. The second kappa shape index (κ2) is 10.0. The van der Waals surface area contributed by atoms with Crippen molar-refractivity contribution < 1.29 is 26.4 Å². The highest BCUT2D eigenvalue weighted by atomic mass is 32.2. The molecule has 2 fully saturated rings. The quantitative estimate of drug-likeness (QED) is 0.365. The second-order valence-electron chi connectivity index (χ2n) is 9.84. The number of nitrogens with one attached hydrogen (secondary N) is 1. The number of benzene rings is 3. The van der Waals surface area contributed by atoms with Gasteiger partial charge >= 0.3 is 0 Å². The van der Waals surface area contributed by atoms with Gasteiger partial charge in [-0.3, -0.25) is 9.69 Å². The van der Waals surface area contributed by atoms with Crippen molar-refractivity contribution in [2.75, 3.05) is 41.4 Å². The van der Waals surface area contributed by atoms with E-state index in [0.717, 1.165) is 12.1 Å². The van der Waals surface area contributed by atoms with E-state index in [1.165, 1.54) is 12.1 Å². The van der Waals surface area contributed by atoms with Gasteiger partial charge in [0.2, 0.25) is 5.91 Å². The van der Waals surface area contributed by atoms with Crippen molar-refractivity contribution in [1.29, 1.82) is 0 Å². The molecule has 0 bridgehead atoms. The van der Waals surface area contributed by atoms with Crippen molar-refractivity contribution in [3.8, 4) is 11.1 Å². The van der Waals surface area contributed by atoms with Crippen LogP contribution in [0, 0.1) is 11.6 Å². The lowest BCUT2D eigenvalue weighted by molar-refractivity contribution is -0.117. The molecule has 2 saturated heterocycles. The Morgan fingerprint density at radius 1 is 0.974 bits per heavy atom. The van der Waals surface area contributed by atoms with Crippen LogP contribution >= 0.6 is 0 Å². The van der Waals surface area contributed by atoms with Crippen LogP contribution in [-0.4, -0.2) is 55.3 Å². The maximum absolute atomic E-state index is 15.1. The van der Waals surface area contributed by atoms with Crippen LogP contribution in [-0.2, 0) is 21.2 Å². The minimum Gasteiger partial charge on any atom is -0.423 e. The highest BCUT2D eigenvalue weighted by molar-refractivity contribution is 7.91. The minimum atomic E-state index is -3.08. The van der Waals surface area contributed by atoms with Crippen LogP contribution in [0.5, 0.6) is 0 Å². The molecule has 0 atom stereocenters. The molecule has 0 radical (unpaired) electrons. The number of amides is 1. The molecule has 3 heterocycles. The van der Waals surface area contributed by atoms with Crippen molar-refractivity contribution >= 4 is 44.2 Å². The third-order valence-corrected chi connectivity index (χ3v) is 8.80. The Bertz CT molecular complexity index is 1630. The summed E-state index contributed by atoms with van der Waals surface area (Å²) in [5, 5.41) is 3.11. The van der Waals surface area contributed by atoms with Gasteiger partial charge in [0.15, 0.2) is 15.4 Å². The van der Waals surface area contributed by atoms with Crippen LogP contribution < -0.4 is 10.2 Å². The number of sulfone groups is 1. The third kappa shape index (κ3) is 5.24. The number of fused-ring (bicyclic) bond motifs is 1. The largest absolute Gasteiger partial charge is 0.423 e. The summed E-state index contributed by atoms with van der Waals surface area (Å²) >= 11 is 0. The summed E-state index contributed by atoms with van der Waals surface area (Å²) in [5.41, 5.74) is 3.16. The van der Waals surface area contributed by atoms with E-state index in [9.17, 15) is 13.2 Å². The van der Waals surface area contributed by atoms with E-state index in [-0.39, 0.29) is 48.6 Å². The van der Waals surface area contributed by atoms with Gasteiger partial charge in [-0.25, -0.2) is 17.2 Å². The van der Waals surface area contributed by atoms with Gasteiger partial charge in [-0.2, -0.15) is 4.98 Å². The molecule has 2 aliphatic heterocycles. The number of oxazole rings is 1. The summed E-state index contributed by atoms with van der Waals surface area (Å²) in [5.74, 6) is -1.32. The van der Waals surface area contributed by atoms with E-state index >= 15 is 8.78 Å². The summed E-state index contributed by atoms with van der Waals surface area (Å²) in [4.78, 5) is 20.0. The number of rotatable bonds is 6. The van der Waals surface area contributed by atoms with E-state index in [1.807, 2.05) is 24.3 Å². The van der Waals surface area contributed by atoms with Gasteiger partial charge in [-0.15, -0.1) is 0 Å². The summed E-state index contributed by atoms with van der Waals surface area (Å²) in [6.45, 7) is 1.20. The fourth-order valence-electron chi connectivity index (χ4n) is 5.04. The Balaban J connectivity index is 1.23. The fourth-order valence-corrected chi connectivity index (χ4v) is 6.32. The predicted octanol–water partition coefficient (Wildman–Crippen LogP) is 4.87. The van der Waals surface area contributed by atoms with Crippen LogP contribution in [0.25, 0.3) is 22.2 Å². The molecule has 39 heavy (non-hydrogen) atoms. The lowest BCUT2D eigenvalue weighted by atomic mass is 10.0. The molecule has 1 N–H and O–H groups in total. The maximum Gasteiger partial charge on any atom is 0.300 e. The lowest BCUT2D eigenvalue weighted by Gasteiger charge is -2.26. The highest BCUT2D eigenvalue weighted by Crippen LogP contribution is 2.34. The molecule has 2 aliphatic rings. The number of para-hydroxylation sites is 1. The fraction of sp³-hybridized carbons (Fsp3) is 0.286. The molecule has 0 saturated carbocycles. The van der Waals surface area contributed by atoms with Crippen LogP contribution in [0.2, 0.25) is 0 Å². The molecular formula is C28H26F2N4O4S. The number of halogens is 2. The Kier molecular flexibility index (Phi) is 6.56. The second-order valence-corrected chi connectivity index (χ2v) is 12.1. The Morgan fingerprint density at radius 2 is 1.69 bits per heavy atom. The standard InChI is InChI=1S/C28H26F2N4O4S/c29-23-15-18(16-24(30)22(23)17-33-11-13-39(36,37)14-12-33)21-3-1-4-25-27(21)38-28(32-25)31-19-6-8-20(9-7-19)34-10-2-5-26(34)35/h1,3-4,6-9,15-16H,2,5,10-14,17H2,(H,31,32). The first kappa shape index (κ1) is 25.4. The molecule has 0 aliphatic carbocycles. The number of carbonyl (C=O) groups is 1. The first-order chi connectivity index (χ1) is 18.8. The van der Waals surface area contributed by atoms with E-state index in [1.54, 1.807) is 28.0 Å². The first-order valence-corrected chi connectivity index (χ1v) is 14.6. The van der Waals surface area contributed by atoms with Gasteiger partial charge in [0.25, 0.3) is 6.01 Å². The van der Waals surface area contributed by atoms with Gasteiger partial charge in [0.1, 0.15) is 17.2 Å². The number of hydrogen-bond donors (Lipinski definition) is 1. The van der Waals surface area contributed by atoms with Gasteiger partial charge in [-0.05, 0) is 54.4 Å². The Labute approximate surface area is 224 Å². The monoisotopic (exact) mass is 552 g/mol.